The van der Waals surface area contributed by atoms with E-state index in [9.17, 15) is 5.26 Å². The highest BCUT2D eigenvalue weighted by molar-refractivity contribution is 5.88. The molecule has 2 aromatic rings. The summed E-state index contributed by atoms with van der Waals surface area (Å²) in [6.07, 6.45) is 0.969. The van der Waals surface area contributed by atoms with Gasteiger partial charge in [-0.2, -0.15) is 5.26 Å². The summed E-state index contributed by atoms with van der Waals surface area (Å²) in [5.74, 6) is 0.265. The lowest BCUT2D eigenvalue weighted by Crippen LogP contribution is -2.29. The van der Waals surface area contributed by atoms with Crippen LogP contribution in [0.25, 0.3) is 10.8 Å². The van der Waals surface area contributed by atoms with Crippen molar-refractivity contribution in [2.24, 2.45) is 5.92 Å². The van der Waals surface area contributed by atoms with E-state index >= 15 is 0 Å². The fourth-order valence-corrected chi connectivity index (χ4v) is 2.96. The van der Waals surface area contributed by atoms with Gasteiger partial charge in [0.05, 0.1) is 11.5 Å². The fraction of sp³-hybridized carbons (Fsp3) is 0.450. The number of nitriles is 1. The molecule has 2 heteroatoms. The van der Waals surface area contributed by atoms with Gasteiger partial charge in [0.1, 0.15) is 0 Å². The van der Waals surface area contributed by atoms with Crippen molar-refractivity contribution in [2.75, 3.05) is 20.6 Å². The lowest BCUT2D eigenvalue weighted by molar-refractivity contribution is 0.405. The molecule has 0 saturated carbocycles. The van der Waals surface area contributed by atoms with Crippen molar-refractivity contribution in [1.29, 1.82) is 5.26 Å². The number of hydrogen-bond acceptors (Lipinski definition) is 2. The zero-order chi connectivity index (χ0) is 16.3. The first-order valence-corrected chi connectivity index (χ1v) is 7.97. The van der Waals surface area contributed by atoms with E-state index in [1.807, 2.05) is 0 Å². The molecule has 0 saturated heterocycles. The number of likely N-dealkylation sites (N-methyl/N-ethyl adjacent to an activating group) is 1. The van der Waals surface area contributed by atoms with E-state index in [0.29, 0.717) is 0 Å². The summed E-state index contributed by atoms with van der Waals surface area (Å²) in [4.78, 5) is 2.19. The highest BCUT2D eigenvalue weighted by atomic mass is 15.0. The predicted octanol–water partition coefficient (Wildman–Crippen LogP) is 4.38. The first-order chi connectivity index (χ1) is 10.4. The SMILES string of the molecule is CC(C)C(C)(C#N)c1c(CCN(C)C)ccc2ccccc12. The molecular weight excluding hydrogens is 268 g/mol. The van der Waals surface area contributed by atoms with E-state index in [4.69, 9.17) is 0 Å². The van der Waals surface area contributed by atoms with Crippen LogP contribution in [0.1, 0.15) is 31.9 Å². The van der Waals surface area contributed by atoms with Gasteiger partial charge in [0.25, 0.3) is 0 Å². The van der Waals surface area contributed by atoms with Crippen molar-refractivity contribution < 1.29 is 0 Å². The van der Waals surface area contributed by atoms with E-state index in [2.05, 4.69) is 82.2 Å². The van der Waals surface area contributed by atoms with Gasteiger partial charge in [-0.05, 0) is 55.3 Å². The van der Waals surface area contributed by atoms with Gasteiger partial charge >= 0.3 is 0 Å². The van der Waals surface area contributed by atoms with Crippen molar-refractivity contribution in [3.05, 3.63) is 47.5 Å². The monoisotopic (exact) mass is 294 g/mol. The van der Waals surface area contributed by atoms with Gasteiger partial charge in [0.15, 0.2) is 0 Å². The fourth-order valence-electron chi connectivity index (χ4n) is 2.96. The minimum atomic E-state index is -0.470. The van der Waals surface area contributed by atoms with E-state index in [1.54, 1.807) is 0 Å². The Balaban J connectivity index is 2.70. The lowest BCUT2D eigenvalue weighted by Gasteiger charge is -2.31. The third-order valence-corrected chi connectivity index (χ3v) is 4.75. The normalized spacial score (nSPS) is 14.3. The quantitative estimate of drug-likeness (QED) is 0.818. The maximum Gasteiger partial charge on any atom is 0.0825 e. The second-order valence-electron chi connectivity index (χ2n) is 6.84. The first-order valence-electron chi connectivity index (χ1n) is 7.97. The van der Waals surface area contributed by atoms with Gasteiger partial charge in [-0.1, -0.05) is 50.2 Å². The molecule has 116 valence electrons. The highest BCUT2D eigenvalue weighted by Gasteiger charge is 2.34. The Morgan fingerprint density at radius 3 is 2.41 bits per heavy atom. The number of benzene rings is 2. The summed E-state index contributed by atoms with van der Waals surface area (Å²) < 4.78 is 0. The standard InChI is InChI=1S/C20H26N2/c1-15(2)20(3,14-21)19-17(12-13-22(4)5)11-10-16-8-6-7-9-18(16)19/h6-11,15H,12-13H2,1-5H3. The maximum absolute atomic E-state index is 9.91. The molecule has 0 amide bonds. The Morgan fingerprint density at radius 1 is 1.14 bits per heavy atom. The van der Waals surface area contributed by atoms with Crippen LogP contribution >= 0.6 is 0 Å². The summed E-state index contributed by atoms with van der Waals surface area (Å²) in [7, 11) is 4.18. The summed E-state index contributed by atoms with van der Waals surface area (Å²) >= 11 is 0. The number of nitrogens with zero attached hydrogens (tertiary/aromatic N) is 2. The van der Waals surface area contributed by atoms with Crippen LogP contribution in [0, 0.1) is 17.2 Å². The molecule has 1 atom stereocenters. The third-order valence-electron chi connectivity index (χ3n) is 4.75. The zero-order valence-electron chi connectivity index (χ0n) is 14.4. The Bertz CT molecular complexity index is 694. The minimum Gasteiger partial charge on any atom is -0.309 e. The number of fused-ring (bicyclic) bond motifs is 1. The molecule has 0 fully saturated rings. The van der Waals surface area contributed by atoms with E-state index < -0.39 is 5.41 Å². The minimum absolute atomic E-state index is 0.265. The molecule has 0 radical (unpaired) electrons. The van der Waals surface area contributed by atoms with E-state index in [-0.39, 0.29) is 5.92 Å². The number of rotatable bonds is 5. The lowest BCUT2D eigenvalue weighted by atomic mass is 9.70. The molecule has 0 bridgehead atoms. The molecule has 0 aliphatic rings. The van der Waals surface area contributed by atoms with Crippen LogP contribution in [-0.2, 0) is 11.8 Å². The average molecular weight is 294 g/mol. The van der Waals surface area contributed by atoms with Gasteiger partial charge in [-0.3, -0.25) is 0 Å². The molecule has 2 aromatic carbocycles. The van der Waals surface area contributed by atoms with Crippen LogP contribution in [-0.4, -0.2) is 25.5 Å². The molecule has 0 aliphatic carbocycles. The molecule has 0 heterocycles. The Hall–Kier alpha value is -1.85. The average Bonchev–Trinajstić information content (AvgIpc) is 2.51. The molecule has 0 aromatic heterocycles. The molecule has 1 unspecified atom stereocenters. The predicted molar refractivity (Wildman–Crippen MR) is 94.0 cm³/mol. The summed E-state index contributed by atoms with van der Waals surface area (Å²) in [5.41, 5.74) is 2.04. The van der Waals surface area contributed by atoms with Crippen LogP contribution in [0.2, 0.25) is 0 Å². The molecule has 0 aliphatic heterocycles. The molecule has 22 heavy (non-hydrogen) atoms. The van der Waals surface area contributed by atoms with E-state index in [0.717, 1.165) is 13.0 Å². The van der Waals surface area contributed by atoms with Crippen LogP contribution in [0.15, 0.2) is 36.4 Å². The largest absolute Gasteiger partial charge is 0.309 e. The first kappa shape index (κ1) is 16.5. The summed E-state index contributed by atoms with van der Waals surface area (Å²) in [5, 5.41) is 12.3. The Kier molecular flexibility index (Phi) is 4.88. The molecule has 0 N–H and O–H groups in total. The topological polar surface area (TPSA) is 27.0 Å². The van der Waals surface area contributed by atoms with Crippen molar-refractivity contribution in [1.82, 2.24) is 4.90 Å². The van der Waals surface area contributed by atoms with Gasteiger partial charge in [0.2, 0.25) is 0 Å². The summed E-state index contributed by atoms with van der Waals surface area (Å²) in [6, 6.07) is 15.4. The second kappa shape index (κ2) is 6.50. The molecule has 2 nitrogen and oxygen atoms in total. The van der Waals surface area contributed by atoms with Crippen molar-refractivity contribution in [3.63, 3.8) is 0 Å². The van der Waals surface area contributed by atoms with Crippen LogP contribution in [0.4, 0.5) is 0 Å². The third kappa shape index (κ3) is 3.00. The summed E-state index contributed by atoms with van der Waals surface area (Å²) in [6.45, 7) is 7.35. The number of hydrogen-bond donors (Lipinski definition) is 0. The zero-order valence-corrected chi connectivity index (χ0v) is 14.4. The molecule has 2 rings (SSSR count). The Labute approximate surface area is 134 Å². The maximum atomic E-state index is 9.91. The van der Waals surface area contributed by atoms with Crippen LogP contribution in [0.3, 0.4) is 0 Å². The van der Waals surface area contributed by atoms with Gasteiger partial charge in [0, 0.05) is 6.54 Å². The Morgan fingerprint density at radius 2 is 1.82 bits per heavy atom. The van der Waals surface area contributed by atoms with Gasteiger partial charge in [-0.25, -0.2) is 0 Å². The molecular formula is C20H26N2. The van der Waals surface area contributed by atoms with Crippen LogP contribution < -0.4 is 0 Å². The van der Waals surface area contributed by atoms with Crippen LogP contribution in [0.5, 0.6) is 0 Å². The van der Waals surface area contributed by atoms with Crippen molar-refractivity contribution in [3.8, 4) is 6.07 Å². The van der Waals surface area contributed by atoms with Crippen molar-refractivity contribution >= 4 is 10.8 Å². The van der Waals surface area contributed by atoms with Gasteiger partial charge in [-0.15, -0.1) is 0 Å². The highest BCUT2D eigenvalue weighted by Crippen LogP contribution is 2.38. The van der Waals surface area contributed by atoms with Crippen molar-refractivity contribution in [2.45, 2.75) is 32.6 Å². The van der Waals surface area contributed by atoms with E-state index in [1.165, 1.54) is 21.9 Å². The smallest absolute Gasteiger partial charge is 0.0825 e. The van der Waals surface area contributed by atoms with Gasteiger partial charge < -0.3 is 4.90 Å². The second-order valence-corrected chi connectivity index (χ2v) is 6.84. The molecule has 0 spiro atoms.